The van der Waals surface area contributed by atoms with E-state index in [1.165, 1.54) is 63.9 Å². The van der Waals surface area contributed by atoms with Gasteiger partial charge in [-0.05, 0) is 93.7 Å². The Bertz CT molecular complexity index is 1410. The highest BCUT2D eigenvalue weighted by Gasteiger charge is 2.16. The van der Waals surface area contributed by atoms with E-state index in [9.17, 15) is 0 Å². The summed E-state index contributed by atoms with van der Waals surface area (Å²) in [5.74, 6) is 0. The zero-order valence-electron chi connectivity index (χ0n) is 17.6. The molecule has 1 heteroatoms. The average Bonchev–Trinajstić information content (AvgIpc) is 2.84. The van der Waals surface area contributed by atoms with Gasteiger partial charge in [0, 0.05) is 11.4 Å². The highest BCUT2D eigenvalue weighted by atomic mass is 14.9. The maximum Gasteiger partial charge on any atom is 0.0390 e. The Morgan fingerprint density at radius 1 is 0.548 bits per heavy atom. The molecule has 1 N–H and O–H groups in total. The third-order valence-corrected chi connectivity index (χ3v) is 6.58. The molecule has 0 saturated carbocycles. The number of fused-ring (bicyclic) bond motifs is 4. The van der Waals surface area contributed by atoms with Gasteiger partial charge in [0.15, 0.2) is 0 Å². The molecule has 0 fully saturated rings. The van der Waals surface area contributed by atoms with Gasteiger partial charge in [-0.1, -0.05) is 72.8 Å². The van der Waals surface area contributed by atoms with Crippen LogP contribution in [0.15, 0.2) is 97.1 Å². The summed E-state index contributed by atoms with van der Waals surface area (Å²) < 4.78 is 0. The molecule has 1 nitrogen and oxygen atoms in total. The molecule has 0 saturated heterocycles. The quantitative estimate of drug-likeness (QED) is 0.322. The zero-order chi connectivity index (χ0) is 20.6. The summed E-state index contributed by atoms with van der Waals surface area (Å²) in [7, 11) is 0. The topological polar surface area (TPSA) is 12.0 Å². The van der Waals surface area contributed by atoms with Crippen LogP contribution < -0.4 is 5.32 Å². The number of anilines is 2. The van der Waals surface area contributed by atoms with E-state index in [1.807, 2.05) is 0 Å². The number of rotatable bonds is 3. The molecule has 0 radical (unpaired) electrons. The summed E-state index contributed by atoms with van der Waals surface area (Å²) >= 11 is 0. The second kappa shape index (κ2) is 7.59. The standard InChI is InChI=1S/C30H25N/c1-2-9-22-18-26(17-16-21(22)8-1)31-25-12-7-11-23(19-25)30-20-24-10-3-4-13-27(24)28-14-5-6-15-29(28)30/h1-2,5-9,11-12,14-20,31H,3-4,10,13H2. The van der Waals surface area contributed by atoms with Crippen LogP contribution in [0, 0.1) is 0 Å². The minimum absolute atomic E-state index is 1.12. The maximum atomic E-state index is 3.62. The summed E-state index contributed by atoms with van der Waals surface area (Å²) in [5.41, 5.74) is 7.96. The van der Waals surface area contributed by atoms with E-state index in [0.29, 0.717) is 0 Å². The van der Waals surface area contributed by atoms with Crippen LogP contribution in [0.25, 0.3) is 32.7 Å². The molecule has 1 aliphatic carbocycles. The predicted molar refractivity (Wildman–Crippen MR) is 133 cm³/mol. The second-order valence-electron chi connectivity index (χ2n) is 8.58. The molecule has 0 atom stereocenters. The normalized spacial score (nSPS) is 13.3. The summed E-state index contributed by atoms with van der Waals surface area (Å²) in [6, 6.07) is 35.3. The van der Waals surface area contributed by atoms with Gasteiger partial charge in [-0.3, -0.25) is 0 Å². The van der Waals surface area contributed by atoms with Gasteiger partial charge in [-0.25, -0.2) is 0 Å². The van der Waals surface area contributed by atoms with E-state index in [1.54, 1.807) is 5.56 Å². The Hall–Kier alpha value is -3.58. The minimum atomic E-state index is 1.12. The Morgan fingerprint density at radius 2 is 1.32 bits per heavy atom. The van der Waals surface area contributed by atoms with E-state index >= 15 is 0 Å². The fourth-order valence-corrected chi connectivity index (χ4v) is 5.07. The van der Waals surface area contributed by atoms with Crippen molar-refractivity contribution in [1.82, 2.24) is 0 Å². The third kappa shape index (κ3) is 3.37. The van der Waals surface area contributed by atoms with Crippen molar-refractivity contribution in [2.45, 2.75) is 25.7 Å². The first-order valence-corrected chi connectivity index (χ1v) is 11.2. The van der Waals surface area contributed by atoms with E-state index in [4.69, 9.17) is 0 Å². The summed E-state index contributed by atoms with van der Waals surface area (Å²) in [6.45, 7) is 0. The monoisotopic (exact) mass is 399 g/mol. The molecule has 0 unspecified atom stereocenters. The summed E-state index contributed by atoms with van der Waals surface area (Å²) in [5, 5.41) is 8.94. The van der Waals surface area contributed by atoms with Gasteiger partial charge < -0.3 is 5.32 Å². The molecule has 0 spiro atoms. The fraction of sp³-hybridized carbons (Fsp3) is 0.133. The van der Waals surface area contributed by atoms with Crippen LogP contribution in [0.2, 0.25) is 0 Å². The third-order valence-electron chi connectivity index (χ3n) is 6.58. The Balaban J connectivity index is 1.42. The number of aryl methyl sites for hydroxylation is 2. The molecule has 0 heterocycles. The minimum Gasteiger partial charge on any atom is -0.355 e. The van der Waals surface area contributed by atoms with Gasteiger partial charge in [0.1, 0.15) is 0 Å². The van der Waals surface area contributed by atoms with Crippen LogP contribution in [0.5, 0.6) is 0 Å². The molecule has 0 aliphatic heterocycles. The van der Waals surface area contributed by atoms with Gasteiger partial charge in [0.2, 0.25) is 0 Å². The summed E-state index contributed by atoms with van der Waals surface area (Å²) in [4.78, 5) is 0. The van der Waals surface area contributed by atoms with E-state index < -0.39 is 0 Å². The molecule has 0 bridgehead atoms. The number of benzene rings is 5. The second-order valence-corrected chi connectivity index (χ2v) is 8.58. The SMILES string of the molecule is c1cc(Nc2ccc3ccccc3c2)cc(-c2cc3c(c4ccccc24)CCCC3)c1. The van der Waals surface area contributed by atoms with E-state index in [2.05, 4.69) is 102 Å². The molecular formula is C30H25N. The van der Waals surface area contributed by atoms with Gasteiger partial charge >= 0.3 is 0 Å². The van der Waals surface area contributed by atoms with E-state index in [-0.39, 0.29) is 0 Å². The molecule has 31 heavy (non-hydrogen) atoms. The molecule has 0 amide bonds. The highest BCUT2D eigenvalue weighted by Crippen LogP contribution is 2.37. The smallest absolute Gasteiger partial charge is 0.0390 e. The summed E-state index contributed by atoms with van der Waals surface area (Å²) in [6.07, 6.45) is 5.01. The molecular weight excluding hydrogens is 374 g/mol. The van der Waals surface area contributed by atoms with Crippen molar-refractivity contribution in [2.75, 3.05) is 5.32 Å². The molecule has 5 aromatic rings. The van der Waals surface area contributed by atoms with Crippen LogP contribution in [-0.4, -0.2) is 0 Å². The van der Waals surface area contributed by atoms with Gasteiger partial charge in [-0.2, -0.15) is 0 Å². The van der Waals surface area contributed by atoms with Crippen molar-refractivity contribution in [3.63, 3.8) is 0 Å². The van der Waals surface area contributed by atoms with Gasteiger partial charge in [0.05, 0.1) is 0 Å². The van der Waals surface area contributed by atoms with Crippen molar-refractivity contribution < 1.29 is 0 Å². The number of hydrogen-bond acceptors (Lipinski definition) is 1. The lowest BCUT2D eigenvalue weighted by molar-refractivity contribution is 0.690. The van der Waals surface area contributed by atoms with Gasteiger partial charge in [-0.15, -0.1) is 0 Å². The van der Waals surface area contributed by atoms with Crippen LogP contribution in [-0.2, 0) is 12.8 Å². The molecule has 0 aromatic heterocycles. The van der Waals surface area contributed by atoms with Crippen LogP contribution in [0.4, 0.5) is 11.4 Å². The van der Waals surface area contributed by atoms with Crippen LogP contribution in [0.3, 0.4) is 0 Å². The highest BCUT2D eigenvalue weighted by molar-refractivity contribution is 6.00. The first-order valence-electron chi connectivity index (χ1n) is 11.2. The Morgan fingerprint density at radius 3 is 2.26 bits per heavy atom. The van der Waals surface area contributed by atoms with Gasteiger partial charge in [0.25, 0.3) is 0 Å². The zero-order valence-corrected chi connectivity index (χ0v) is 17.6. The molecule has 1 aliphatic rings. The number of hydrogen-bond donors (Lipinski definition) is 1. The van der Waals surface area contributed by atoms with Crippen LogP contribution in [0.1, 0.15) is 24.0 Å². The molecule has 150 valence electrons. The lowest BCUT2D eigenvalue weighted by Crippen LogP contribution is -2.04. The first kappa shape index (κ1) is 18.2. The fourth-order valence-electron chi connectivity index (χ4n) is 5.07. The molecule has 5 aromatic carbocycles. The van der Waals surface area contributed by atoms with Crippen molar-refractivity contribution >= 4 is 32.9 Å². The Labute approximate surface area is 183 Å². The van der Waals surface area contributed by atoms with E-state index in [0.717, 1.165) is 11.4 Å². The van der Waals surface area contributed by atoms with Crippen molar-refractivity contribution in [1.29, 1.82) is 0 Å². The van der Waals surface area contributed by atoms with Crippen molar-refractivity contribution in [3.8, 4) is 11.1 Å². The largest absolute Gasteiger partial charge is 0.355 e. The number of nitrogens with one attached hydrogen (secondary N) is 1. The molecule has 6 rings (SSSR count). The lowest BCUT2D eigenvalue weighted by atomic mass is 9.84. The lowest BCUT2D eigenvalue weighted by Gasteiger charge is -2.21. The predicted octanol–water partition coefficient (Wildman–Crippen LogP) is 8.28. The first-order chi connectivity index (χ1) is 15.3. The average molecular weight is 400 g/mol. The van der Waals surface area contributed by atoms with Crippen molar-refractivity contribution in [2.24, 2.45) is 0 Å². The Kier molecular flexibility index (Phi) is 4.46. The van der Waals surface area contributed by atoms with Crippen molar-refractivity contribution in [3.05, 3.63) is 108 Å². The van der Waals surface area contributed by atoms with Crippen LogP contribution >= 0.6 is 0 Å². The maximum absolute atomic E-state index is 3.62.